The first kappa shape index (κ1) is 11.7. The van der Waals surface area contributed by atoms with E-state index in [0.717, 1.165) is 6.54 Å². The Bertz CT molecular complexity index is 267. The van der Waals surface area contributed by atoms with Crippen LogP contribution in [0.3, 0.4) is 0 Å². The average Bonchev–Trinajstić information content (AvgIpc) is 2.60. The van der Waals surface area contributed by atoms with E-state index in [4.69, 9.17) is 0 Å². The van der Waals surface area contributed by atoms with Gasteiger partial charge in [0.2, 0.25) is 0 Å². The Morgan fingerprint density at radius 3 is 2.57 bits per heavy atom. The molecule has 0 aliphatic rings. The molecule has 0 aliphatic carbocycles. The van der Waals surface area contributed by atoms with E-state index in [1.165, 1.54) is 16.9 Å². The van der Waals surface area contributed by atoms with Crippen molar-refractivity contribution in [3.63, 3.8) is 0 Å². The zero-order valence-corrected chi connectivity index (χ0v) is 10.4. The minimum atomic E-state index is 0.537. The van der Waals surface area contributed by atoms with Crippen molar-refractivity contribution in [3.8, 4) is 0 Å². The molecule has 0 radical (unpaired) electrons. The van der Waals surface area contributed by atoms with E-state index in [1.807, 2.05) is 11.3 Å². The van der Waals surface area contributed by atoms with Crippen molar-refractivity contribution in [1.29, 1.82) is 0 Å². The first-order valence-electron chi connectivity index (χ1n) is 5.47. The monoisotopic (exact) mass is 211 g/mol. The van der Waals surface area contributed by atoms with Gasteiger partial charge in [0, 0.05) is 10.9 Å². The summed E-state index contributed by atoms with van der Waals surface area (Å²) in [5.41, 5.74) is 1.46. The zero-order valence-electron chi connectivity index (χ0n) is 9.63. The van der Waals surface area contributed by atoms with Crippen molar-refractivity contribution in [3.05, 3.63) is 21.9 Å². The average molecular weight is 211 g/mol. The van der Waals surface area contributed by atoms with E-state index >= 15 is 0 Å². The van der Waals surface area contributed by atoms with Gasteiger partial charge in [-0.15, -0.1) is 11.3 Å². The molecular formula is C12H21NS. The third kappa shape index (κ3) is 2.82. The van der Waals surface area contributed by atoms with Gasteiger partial charge >= 0.3 is 0 Å². The summed E-state index contributed by atoms with van der Waals surface area (Å²) < 4.78 is 0. The first-order chi connectivity index (χ1) is 6.69. The lowest BCUT2D eigenvalue weighted by molar-refractivity contribution is 0.384. The lowest BCUT2D eigenvalue weighted by Gasteiger charge is -2.23. The summed E-state index contributed by atoms with van der Waals surface area (Å²) in [5.74, 6) is 0.712. The third-order valence-corrected chi connectivity index (χ3v) is 3.63. The predicted octanol–water partition coefficient (Wildman–Crippen LogP) is 3.75. The molecule has 0 aromatic carbocycles. The van der Waals surface area contributed by atoms with Crippen molar-refractivity contribution in [1.82, 2.24) is 5.32 Å². The summed E-state index contributed by atoms with van der Waals surface area (Å²) in [6.07, 6.45) is 1.23. The molecular weight excluding hydrogens is 190 g/mol. The van der Waals surface area contributed by atoms with Gasteiger partial charge in [0.15, 0.2) is 0 Å². The van der Waals surface area contributed by atoms with Crippen LogP contribution >= 0.6 is 11.3 Å². The van der Waals surface area contributed by atoms with Crippen molar-refractivity contribution in [2.45, 2.75) is 40.2 Å². The van der Waals surface area contributed by atoms with Crippen LogP contribution in [-0.2, 0) is 0 Å². The summed E-state index contributed by atoms with van der Waals surface area (Å²) in [7, 11) is 0. The second-order valence-electron chi connectivity index (χ2n) is 3.91. The Labute approximate surface area is 91.5 Å². The number of rotatable bonds is 5. The quantitative estimate of drug-likeness (QED) is 0.782. The second kappa shape index (κ2) is 5.52. The highest BCUT2D eigenvalue weighted by Gasteiger charge is 2.17. The highest BCUT2D eigenvalue weighted by molar-refractivity contribution is 7.10. The van der Waals surface area contributed by atoms with Crippen LogP contribution in [0.5, 0.6) is 0 Å². The molecule has 0 amide bonds. The number of hydrogen-bond acceptors (Lipinski definition) is 2. The molecule has 0 bridgehead atoms. The molecule has 0 aliphatic heterocycles. The number of aryl methyl sites for hydroxylation is 1. The fraction of sp³-hybridized carbons (Fsp3) is 0.667. The molecule has 0 saturated carbocycles. The van der Waals surface area contributed by atoms with Gasteiger partial charge in [-0.2, -0.15) is 0 Å². The van der Waals surface area contributed by atoms with Crippen molar-refractivity contribution >= 4 is 11.3 Å². The summed E-state index contributed by atoms with van der Waals surface area (Å²) in [6.45, 7) is 9.97. The van der Waals surface area contributed by atoms with Crippen molar-refractivity contribution in [2.75, 3.05) is 6.54 Å². The molecule has 1 heterocycles. The van der Waals surface area contributed by atoms with Crippen LogP contribution in [0.1, 0.15) is 43.7 Å². The van der Waals surface area contributed by atoms with Gasteiger partial charge in [0.05, 0.1) is 0 Å². The highest BCUT2D eigenvalue weighted by atomic mass is 32.1. The Morgan fingerprint density at radius 2 is 2.14 bits per heavy atom. The number of nitrogens with one attached hydrogen (secondary N) is 1. The van der Waals surface area contributed by atoms with E-state index in [2.05, 4.69) is 44.5 Å². The number of thiophene rings is 1. The molecule has 0 saturated heterocycles. The SMILES string of the molecule is CCNC(c1csc(C)c1)C(C)CC. The lowest BCUT2D eigenvalue weighted by Crippen LogP contribution is -2.26. The second-order valence-corrected chi connectivity index (χ2v) is 5.03. The molecule has 14 heavy (non-hydrogen) atoms. The van der Waals surface area contributed by atoms with Gasteiger partial charge in [-0.1, -0.05) is 27.2 Å². The first-order valence-corrected chi connectivity index (χ1v) is 6.35. The molecule has 80 valence electrons. The highest BCUT2D eigenvalue weighted by Crippen LogP contribution is 2.27. The summed E-state index contributed by atoms with van der Waals surface area (Å²) in [4.78, 5) is 1.41. The van der Waals surface area contributed by atoms with Gasteiger partial charge < -0.3 is 5.32 Å². The Morgan fingerprint density at radius 1 is 1.43 bits per heavy atom. The lowest BCUT2D eigenvalue weighted by atomic mass is 9.94. The van der Waals surface area contributed by atoms with Crippen LogP contribution < -0.4 is 5.32 Å². The van der Waals surface area contributed by atoms with Crippen LogP contribution in [0.25, 0.3) is 0 Å². The minimum absolute atomic E-state index is 0.537. The summed E-state index contributed by atoms with van der Waals surface area (Å²) in [5, 5.41) is 5.86. The van der Waals surface area contributed by atoms with Crippen LogP contribution in [0.4, 0.5) is 0 Å². The predicted molar refractivity (Wildman–Crippen MR) is 64.9 cm³/mol. The molecule has 1 aromatic heterocycles. The van der Waals surface area contributed by atoms with Crippen LogP contribution in [0.2, 0.25) is 0 Å². The molecule has 1 N–H and O–H groups in total. The molecule has 1 aromatic rings. The van der Waals surface area contributed by atoms with Crippen LogP contribution in [0, 0.1) is 12.8 Å². The van der Waals surface area contributed by atoms with Gasteiger partial charge in [0.1, 0.15) is 0 Å². The normalized spacial score (nSPS) is 15.4. The largest absolute Gasteiger partial charge is 0.310 e. The number of hydrogen-bond donors (Lipinski definition) is 1. The summed E-state index contributed by atoms with van der Waals surface area (Å²) in [6, 6.07) is 2.85. The maximum atomic E-state index is 3.57. The van der Waals surface area contributed by atoms with E-state index in [1.54, 1.807) is 0 Å². The molecule has 2 atom stereocenters. The van der Waals surface area contributed by atoms with Crippen molar-refractivity contribution in [2.24, 2.45) is 5.92 Å². The van der Waals surface area contributed by atoms with Crippen LogP contribution in [0.15, 0.2) is 11.4 Å². The van der Waals surface area contributed by atoms with Crippen LogP contribution in [-0.4, -0.2) is 6.54 Å². The fourth-order valence-corrected chi connectivity index (χ4v) is 2.47. The molecule has 1 rings (SSSR count). The molecule has 0 spiro atoms. The Balaban J connectivity index is 2.76. The van der Waals surface area contributed by atoms with Gasteiger partial charge in [0.25, 0.3) is 0 Å². The molecule has 2 heteroatoms. The van der Waals surface area contributed by atoms with E-state index in [0.29, 0.717) is 12.0 Å². The Hall–Kier alpha value is -0.340. The maximum absolute atomic E-state index is 3.57. The molecule has 0 fully saturated rings. The minimum Gasteiger partial charge on any atom is -0.310 e. The van der Waals surface area contributed by atoms with Gasteiger partial charge in [-0.3, -0.25) is 0 Å². The maximum Gasteiger partial charge on any atom is 0.0354 e. The third-order valence-electron chi connectivity index (χ3n) is 2.75. The fourth-order valence-electron chi connectivity index (χ4n) is 1.73. The van der Waals surface area contributed by atoms with Gasteiger partial charge in [-0.25, -0.2) is 0 Å². The van der Waals surface area contributed by atoms with E-state index < -0.39 is 0 Å². The summed E-state index contributed by atoms with van der Waals surface area (Å²) >= 11 is 1.85. The van der Waals surface area contributed by atoms with Crippen molar-refractivity contribution < 1.29 is 0 Å². The molecule has 1 nitrogen and oxygen atoms in total. The smallest absolute Gasteiger partial charge is 0.0354 e. The topological polar surface area (TPSA) is 12.0 Å². The van der Waals surface area contributed by atoms with E-state index in [9.17, 15) is 0 Å². The molecule has 2 unspecified atom stereocenters. The zero-order chi connectivity index (χ0) is 10.6. The van der Waals surface area contributed by atoms with Gasteiger partial charge in [-0.05, 0) is 36.4 Å². The Kier molecular flexibility index (Phi) is 4.63. The van der Waals surface area contributed by atoms with E-state index in [-0.39, 0.29) is 0 Å². The standard InChI is InChI=1S/C12H21NS/c1-5-9(3)12(13-6-2)11-7-10(4)14-8-11/h7-9,12-13H,5-6H2,1-4H3.